The van der Waals surface area contributed by atoms with Crippen LogP contribution in [0.2, 0.25) is 0 Å². The summed E-state index contributed by atoms with van der Waals surface area (Å²) in [5.74, 6) is -0.458. The first-order valence-electron chi connectivity index (χ1n) is 5.62. The molecule has 7 heteroatoms. The van der Waals surface area contributed by atoms with E-state index in [0.29, 0.717) is 0 Å². The lowest BCUT2D eigenvalue weighted by atomic mass is 10.2. The van der Waals surface area contributed by atoms with E-state index in [2.05, 4.69) is 0 Å². The lowest BCUT2D eigenvalue weighted by molar-refractivity contribution is -0.391. The molecule has 0 aliphatic carbocycles. The lowest BCUT2D eigenvalue weighted by Crippen LogP contribution is -2.39. The summed E-state index contributed by atoms with van der Waals surface area (Å²) in [4.78, 5) is 23.8. The van der Waals surface area contributed by atoms with Crippen molar-refractivity contribution < 1.29 is 14.8 Å². The summed E-state index contributed by atoms with van der Waals surface area (Å²) < 4.78 is 1.25. The maximum Gasteiger partial charge on any atom is 0.323 e. The van der Waals surface area contributed by atoms with E-state index in [4.69, 9.17) is 5.11 Å². The number of hydrogen-bond acceptors (Lipinski definition) is 4. The maximum absolute atomic E-state index is 12.2. The van der Waals surface area contributed by atoms with Gasteiger partial charge in [0.1, 0.15) is 0 Å². The highest BCUT2D eigenvalue weighted by Crippen LogP contribution is 2.17. The summed E-state index contributed by atoms with van der Waals surface area (Å²) in [7, 11) is 1.48. The molecule has 0 aliphatic heterocycles. The van der Waals surface area contributed by atoms with E-state index in [9.17, 15) is 14.9 Å². The topological polar surface area (TPSA) is 88.6 Å². The van der Waals surface area contributed by atoms with E-state index in [1.807, 2.05) is 13.8 Å². The molecule has 18 heavy (non-hydrogen) atoms. The second-order valence-electron chi connectivity index (χ2n) is 4.21. The van der Waals surface area contributed by atoms with Crippen molar-refractivity contribution in [3.63, 3.8) is 0 Å². The zero-order chi connectivity index (χ0) is 13.9. The second kappa shape index (κ2) is 5.63. The van der Waals surface area contributed by atoms with Crippen molar-refractivity contribution in [3.8, 4) is 0 Å². The Morgan fingerprint density at radius 2 is 2.17 bits per heavy atom. The Morgan fingerprint density at radius 3 is 2.56 bits per heavy atom. The molecule has 0 atom stereocenters. The Balaban J connectivity index is 3.06. The van der Waals surface area contributed by atoms with E-state index >= 15 is 0 Å². The fraction of sp³-hybridized carbons (Fsp3) is 0.545. The summed E-state index contributed by atoms with van der Waals surface area (Å²) >= 11 is 0. The molecule has 0 aliphatic rings. The maximum atomic E-state index is 12.2. The molecule has 1 N–H and O–H groups in total. The third kappa shape index (κ3) is 2.67. The van der Waals surface area contributed by atoms with Crippen LogP contribution in [0.5, 0.6) is 0 Å². The fourth-order valence-electron chi connectivity index (χ4n) is 1.75. The van der Waals surface area contributed by atoms with E-state index in [1.54, 1.807) is 0 Å². The van der Waals surface area contributed by atoms with E-state index in [-0.39, 0.29) is 36.6 Å². The Kier molecular flexibility index (Phi) is 4.43. The van der Waals surface area contributed by atoms with Crippen molar-refractivity contribution >= 4 is 11.7 Å². The van der Waals surface area contributed by atoms with E-state index < -0.39 is 4.92 Å². The normalized spacial score (nSPS) is 10.7. The van der Waals surface area contributed by atoms with E-state index in [0.717, 1.165) is 0 Å². The number of rotatable bonds is 5. The molecule has 0 bridgehead atoms. The average molecular weight is 255 g/mol. The Hall–Kier alpha value is -1.89. The summed E-state index contributed by atoms with van der Waals surface area (Å²) in [5, 5.41) is 19.6. The number of aromatic nitrogens is 1. The van der Waals surface area contributed by atoms with Crippen molar-refractivity contribution in [2.24, 2.45) is 7.05 Å². The monoisotopic (exact) mass is 255 g/mol. The average Bonchev–Trinajstić information content (AvgIpc) is 2.66. The molecule has 0 unspecified atom stereocenters. The van der Waals surface area contributed by atoms with Crippen LogP contribution in [-0.4, -0.2) is 44.6 Å². The van der Waals surface area contributed by atoms with Gasteiger partial charge in [0.05, 0.1) is 13.7 Å². The van der Waals surface area contributed by atoms with Crippen LogP contribution < -0.4 is 0 Å². The Labute approximate surface area is 105 Å². The van der Waals surface area contributed by atoms with E-state index in [1.165, 1.54) is 28.6 Å². The van der Waals surface area contributed by atoms with Crippen LogP contribution >= 0.6 is 0 Å². The second-order valence-corrected chi connectivity index (χ2v) is 4.21. The Bertz CT molecular complexity index is 453. The molecule has 0 spiro atoms. The van der Waals surface area contributed by atoms with Gasteiger partial charge in [-0.3, -0.25) is 4.79 Å². The van der Waals surface area contributed by atoms with Crippen LogP contribution in [0.1, 0.15) is 24.3 Å². The molecular formula is C11H17N3O4. The van der Waals surface area contributed by atoms with Gasteiger partial charge in [-0.1, -0.05) is 0 Å². The van der Waals surface area contributed by atoms with Gasteiger partial charge in [0.15, 0.2) is 5.69 Å². The third-order valence-corrected chi connectivity index (χ3v) is 2.73. The Morgan fingerprint density at radius 1 is 1.56 bits per heavy atom. The highest BCUT2D eigenvalue weighted by molar-refractivity contribution is 5.93. The van der Waals surface area contributed by atoms with Crippen LogP contribution in [0.25, 0.3) is 0 Å². The minimum Gasteiger partial charge on any atom is -0.395 e. The number of nitrogens with zero attached hydrogens (tertiary/aromatic N) is 3. The largest absolute Gasteiger partial charge is 0.395 e. The zero-order valence-corrected chi connectivity index (χ0v) is 10.7. The molecule has 0 saturated heterocycles. The van der Waals surface area contributed by atoms with Crippen LogP contribution in [0.15, 0.2) is 12.1 Å². The highest BCUT2D eigenvalue weighted by atomic mass is 16.6. The van der Waals surface area contributed by atoms with Crippen LogP contribution in [0.4, 0.5) is 5.82 Å². The lowest BCUT2D eigenvalue weighted by Gasteiger charge is -2.24. The summed E-state index contributed by atoms with van der Waals surface area (Å²) in [6.07, 6.45) is 0. The van der Waals surface area contributed by atoms with Gasteiger partial charge in [-0.2, -0.15) is 0 Å². The SMILES string of the molecule is CC(C)N(CCO)C(=O)c1ccc([N+](=O)[O-])n1C. The molecule has 0 saturated carbocycles. The molecule has 1 rings (SSSR count). The minimum atomic E-state index is -0.539. The highest BCUT2D eigenvalue weighted by Gasteiger charge is 2.26. The first kappa shape index (κ1) is 14.2. The van der Waals surface area contributed by atoms with Gasteiger partial charge in [0, 0.05) is 18.7 Å². The van der Waals surface area contributed by atoms with Gasteiger partial charge >= 0.3 is 5.82 Å². The van der Waals surface area contributed by atoms with Gasteiger partial charge < -0.3 is 20.1 Å². The molecule has 1 aromatic heterocycles. The van der Waals surface area contributed by atoms with Crippen LogP contribution in [0.3, 0.4) is 0 Å². The van der Waals surface area contributed by atoms with Crippen molar-refractivity contribution in [2.75, 3.05) is 13.2 Å². The molecule has 7 nitrogen and oxygen atoms in total. The fourth-order valence-corrected chi connectivity index (χ4v) is 1.75. The van der Waals surface area contributed by atoms with Crippen LogP contribution in [0, 0.1) is 10.1 Å². The number of carbonyl (C=O) groups excluding carboxylic acids is 1. The molecule has 1 heterocycles. The molecule has 100 valence electrons. The van der Waals surface area contributed by atoms with Gasteiger partial charge in [-0.05, 0) is 24.8 Å². The van der Waals surface area contributed by atoms with Crippen molar-refractivity contribution in [1.82, 2.24) is 9.47 Å². The minimum absolute atomic E-state index is 0.0846. The molecule has 0 aromatic carbocycles. The number of nitro groups is 1. The number of carbonyl (C=O) groups is 1. The number of aliphatic hydroxyl groups is 1. The first-order chi connectivity index (χ1) is 8.40. The van der Waals surface area contributed by atoms with Gasteiger partial charge in [0.25, 0.3) is 5.91 Å². The number of amides is 1. The molecule has 1 aromatic rings. The van der Waals surface area contributed by atoms with Crippen molar-refractivity contribution in [2.45, 2.75) is 19.9 Å². The molecule has 1 amide bonds. The standard InChI is InChI=1S/C11H17N3O4/c1-8(2)13(6-7-15)11(16)9-4-5-10(12(9)3)14(17)18/h4-5,8,15H,6-7H2,1-3H3. The summed E-state index contributed by atoms with van der Waals surface area (Å²) in [5.41, 5.74) is 0.240. The number of hydrogen-bond donors (Lipinski definition) is 1. The van der Waals surface area contributed by atoms with Crippen molar-refractivity contribution in [1.29, 1.82) is 0 Å². The zero-order valence-electron chi connectivity index (χ0n) is 10.7. The molecule has 0 radical (unpaired) electrons. The summed E-state index contributed by atoms with van der Waals surface area (Å²) in [6.45, 7) is 3.71. The van der Waals surface area contributed by atoms with Gasteiger partial charge in [-0.25, -0.2) is 4.57 Å². The molecule has 0 fully saturated rings. The van der Waals surface area contributed by atoms with Gasteiger partial charge in [-0.15, -0.1) is 0 Å². The third-order valence-electron chi connectivity index (χ3n) is 2.73. The summed E-state index contributed by atoms with van der Waals surface area (Å²) in [6, 6.07) is 2.64. The predicted octanol–water partition coefficient (Wildman–Crippen LogP) is 0.776. The molecular weight excluding hydrogens is 238 g/mol. The number of aliphatic hydroxyl groups excluding tert-OH is 1. The smallest absolute Gasteiger partial charge is 0.323 e. The first-order valence-corrected chi connectivity index (χ1v) is 5.62. The quantitative estimate of drug-likeness (QED) is 0.622. The van der Waals surface area contributed by atoms with Crippen LogP contribution in [-0.2, 0) is 7.05 Å². The van der Waals surface area contributed by atoms with Crippen molar-refractivity contribution in [3.05, 3.63) is 27.9 Å². The predicted molar refractivity (Wildman–Crippen MR) is 65.3 cm³/mol. The van der Waals surface area contributed by atoms with Gasteiger partial charge in [0.2, 0.25) is 0 Å².